The standard InChI is InChI=1S/C19H23F3N8O2/c1-10-7-11(31)4-6-29(10)14-8-13(18(32)28(2)23)25-16-15(12-3-5-24-26-12)27-30(17(14)16)9-19(20,21)22/h3,5,8,10-11,31H,4,6-7,9,23H2,1-2H3,(H,24,26)/t10-,11-/m1/s1. The van der Waals surface area contributed by atoms with Crippen LogP contribution in [-0.4, -0.2) is 72.9 Å². The fraction of sp³-hybridized carbons (Fsp3) is 0.474. The van der Waals surface area contributed by atoms with Crippen molar-refractivity contribution in [3.63, 3.8) is 0 Å². The van der Waals surface area contributed by atoms with Crippen LogP contribution in [0.15, 0.2) is 18.3 Å². The Labute approximate surface area is 180 Å². The Bertz CT molecular complexity index is 1130. The molecule has 4 N–H and O–H groups in total. The van der Waals surface area contributed by atoms with Gasteiger partial charge in [-0.2, -0.15) is 23.4 Å². The molecular formula is C19H23F3N8O2. The van der Waals surface area contributed by atoms with E-state index in [4.69, 9.17) is 5.84 Å². The number of aromatic nitrogens is 5. The fourth-order valence-corrected chi connectivity index (χ4v) is 4.03. The number of nitrogens with zero attached hydrogens (tertiary/aromatic N) is 6. The number of fused-ring (bicyclic) bond motifs is 1. The van der Waals surface area contributed by atoms with Crippen LogP contribution in [0.2, 0.25) is 0 Å². The van der Waals surface area contributed by atoms with Crippen LogP contribution in [0, 0.1) is 0 Å². The third kappa shape index (κ3) is 4.12. The van der Waals surface area contributed by atoms with E-state index in [-0.39, 0.29) is 28.5 Å². The van der Waals surface area contributed by atoms with Crippen molar-refractivity contribution in [2.45, 2.75) is 44.6 Å². The Balaban J connectivity index is 2.01. The number of hydrogen-bond donors (Lipinski definition) is 3. The SMILES string of the molecule is C[C@@H]1C[C@H](O)CCN1c1cc(C(=O)N(C)N)nc2c(-c3ccn[nH]3)nn(CC(F)(F)F)c12. The number of anilines is 1. The van der Waals surface area contributed by atoms with Gasteiger partial charge < -0.3 is 10.0 Å². The summed E-state index contributed by atoms with van der Waals surface area (Å²) in [5.74, 6) is 5.02. The Kier molecular flexibility index (Phi) is 5.54. The van der Waals surface area contributed by atoms with Gasteiger partial charge in [0.15, 0.2) is 0 Å². The lowest BCUT2D eigenvalue weighted by atomic mass is 9.99. The van der Waals surface area contributed by atoms with Gasteiger partial charge in [-0.05, 0) is 31.9 Å². The minimum absolute atomic E-state index is 0.0249. The molecule has 0 unspecified atom stereocenters. The van der Waals surface area contributed by atoms with Crippen LogP contribution in [-0.2, 0) is 6.54 Å². The van der Waals surface area contributed by atoms with Crippen molar-refractivity contribution in [2.75, 3.05) is 18.5 Å². The Morgan fingerprint density at radius 1 is 1.44 bits per heavy atom. The van der Waals surface area contributed by atoms with E-state index in [1.165, 1.54) is 19.3 Å². The van der Waals surface area contributed by atoms with Gasteiger partial charge in [-0.15, -0.1) is 0 Å². The number of pyridine rings is 1. The van der Waals surface area contributed by atoms with Gasteiger partial charge in [0.25, 0.3) is 5.91 Å². The lowest BCUT2D eigenvalue weighted by Crippen LogP contribution is -2.43. The van der Waals surface area contributed by atoms with E-state index in [0.29, 0.717) is 30.8 Å². The molecule has 1 fully saturated rings. The molecule has 1 saturated heterocycles. The Morgan fingerprint density at radius 3 is 2.78 bits per heavy atom. The zero-order chi connectivity index (χ0) is 23.2. The second kappa shape index (κ2) is 8.06. The van der Waals surface area contributed by atoms with Crippen molar-refractivity contribution in [1.29, 1.82) is 0 Å². The summed E-state index contributed by atoms with van der Waals surface area (Å²) in [6.45, 7) is 0.927. The largest absolute Gasteiger partial charge is 0.408 e. The van der Waals surface area contributed by atoms with Gasteiger partial charge in [0.2, 0.25) is 0 Å². The molecule has 0 spiro atoms. The van der Waals surface area contributed by atoms with Crippen molar-refractivity contribution in [2.24, 2.45) is 5.84 Å². The van der Waals surface area contributed by atoms with Crippen LogP contribution in [0.25, 0.3) is 22.4 Å². The summed E-state index contributed by atoms with van der Waals surface area (Å²) in [6, 6.07) is 2.81. The third-order valence-corrected chi connectivity index (χ3v) is 5.46. The highest BCUT2D eigenvalue weighted by Gasteiger charge is 2.34. The van der Waals surface area contributed by atoms with Crippen LogP contribution in [0.3, 0.4) is 0 Å². The molecular weight excluding hydrogens is 429 g/mol. The zero-order valence-electron chi connectivity index (χ0n) is 17.5. The maximum absolute atomic E-state index is 13.4. The van der Waals surface area contributed by atoms with E-state index in [1.54, 1.807) is 6.07 Å². The summed E-state index contributed by atoms with van der Waals surface area (Å²) in [5.41, 5.74) is 1.13. The molecule has 0 radical (unpaired) electrons. The molecule has 2 atom stereocenters. The minimum atomic E-state index is -4.53. The molecule has 0 aromatic carbocycles. The van der Waals surface area contributed by atoms with Crippen LogP contribution < -0.4 is 10.7 Å². The second-order valence-corrected chi connectivity index (χ2v) is 7.95. The Hall–Kier alpha value is -3.19. The molecule has 4 heterocycles. The molecule has 3 aromatic rings. The normalized spacial score (nSPS) is 19.5. The van der Waals surface area contributed by atoms with Crippen LogP contribution >= 0.6 is 0 Å². The molecule has 0 bridgehead atoms. The molecule has 32 heavy (non-hydrogen) atoms. The molecule has 0 saturated carbocycles. The van der Waals surface area contributed by atoms with Gasteiger partial charge in [0.1, 0.15) is 29.0 Å². The van der Waals surface area contributed by atoms with Gasteiger partial charge in [-0.3, -0.25) is 19.6 Å². The predicted molar refractivity (Wildman–Crippen MR) is 109 cm³/mol. The summed E-state index contributed by atoms with van der Waals surface area (Å²) < 4.78 is 41.1. The van der Waals surface area contributed by atoms with Crippen molar-refractivity contribution < 1.29 is 23.1 Å². The summed E-state index contributed by atoms with van der Waals surface area (Å²) in [4.78, 5) is 18.9. The summed E-state index contributed by atoms with van der Waals surface area (Å²) in [6.07, 6.45) is -2.71. The van der Waals surface area contributed by atoms with Crippen molar-refractivity contribution in [3.05, 3.63) is 24.0 Å². The first kappa shape index (κ1) is 22.0. The van der Waals surface area contributed by atoms with Gasteiger partial charge >= 0.3 is 6.18 Å². The number of rotatable bonds is 4. The molecule has 13 heteroatoms. The number of carbonyl (C=O) groups excluding carboxylic acids is 1. The lowest BCUT2D eigenvalue weighted by Gasteiger charge is -2.38. The average Bonchev–Trinajstić information content (AvgIpc) is 3.34. The van der Waals surface area contributed by atoms with E-state index in [0.717, 1.165) is 9.69 Å². The minimum Gasteiger partial charge on any atom is -0.393 e. The lowest BCUT2D eigenvalue weighted by molar-refractivity contribution is -0.141. The van der Waals surface area contributed by atoms with E-state index in [2.05, 4.69) is 20.3 Å². The summed E-state index contributed by atoms with van der Waals surface area (Å²) in [5, 5.41) is 21.6. The number of aromatic amines is 1. The molecule has 1 amide bonds. The second-order valence-electron chi connectivity index (χ2n) is 7.95. The molecule has 4 rings (SSSR count). The van der Waals surface area contributed by atoms with E-state index >= 15 is 0 Å². The summed E-state index contributed by atoms with van der Waals surface area (Å²) >= 11 is 0. The number of hydrazine groups is 1. The fourth-order valence-electron chi connectivity index (χ4n) is 4.03. The number of hydrogen-bond acceptors (Lipinski definition) is 7. The zero-order valence-corrected chi connectivity index (χ0v) is 17.5. The van der Waals surface area contributed by atoms with Crippen LogP contribution in [0.5, 0.6) is 0 Å². The maximum Gasteiger partial charge on any atom is 0.408 e. The quantitative estimate of drug-likeness (QED) is 0.312. The highest BCUT2D eigenvalue weighted by molar-refractivity contribution is 6.02. The van der Waals surface area contributed by atoms with Crippen molar-refractivity contribution in [3.8, 4) is 11.4 Å². The topological polar surface area (TPSA) is 129 Å². The number of nitrogens with two attached hydrogens (primary N) is 1. The number of aliphatic hydroxyl groups is 1. The number of amides is 1. The number of H-pyrrole nitrogens is 1. The smallest absolute Gasteiger partial charge is 0.393 e. The van der Waals surface area contributed by atoms with Crippen LogP contribution in [0.1, 0.15) is 30.3 Å². The molecule has 1 aliphatic heterocycles. The van der Waals surface area contributed by atoms with Gasteiger partial charge in [-0.25, -0.2) is 10.8 Å². The Morgan fingerprint density at radius 2 is 2.19 bits per heavy atom. The number of aliphatic hydroxyl groups excluding tert-OH is 1. The molecule has 172 valence electrons. The monoisotopic (exact) mass is 452 g/mol. The van der Waals surface area contributed by atoms with Gasteiger partial charge in [-0.1, -0.05) is 0 Å². The molecule has 10 nitrogen and oxygen atoms in total. The molecule has 0 aliphatic carbocycles. The number of alkyl halides is 3. The number of carbonyl (C=O) groups is 1. The molecule has 3 aromatic heterocycles. The number of nitrogens with one attached hydrogen (secondary N) is 1. The van der Waals surface area contributed by atoms with E-state index in [1.807, 2.05) is 11.8 Å². The third-order valence-electron chi connectivity index (χ3n) is 5.46. The highest BCUT2D eigenvalue weighted by atomic mass is 19.4. The highest BCUT2D eigenvalue weighted by Crippen LogP contribution is 2.37. The summed E-state index contributed by atoms with van der Waals surface area (Å²) in [7, 11) is 1.36. The number of piperidine rings is 1. The van der Waals surface area contributed by atoms with E-state index < -0.39 is 24.7 Å². The van der Waals surface area contributed by atoms with Crippen LogP contribution in [0.4, 0.5) is 18.9 Å². The first-order chi connectivity index (χ1) is 15.0. The molecule has 1 aliphatic rings. The first-order valence-electron chi connectivity index (χ1n) is 10.0. The van der Waals surface area contributed by atoms with Gasteiger partial charge in [0, 0.05) is 25.8 Å². The maximum atomic E-state index is 13.4. The average molecular weight is 452 g/mol. The number of halogens is 3. The van der Waals surface area contributed by atoms with Crippen molar-refractivity contribution in [1.82, 2.24) is 30.0 Å². The first-order valence-corrected chi connectivity index (χ1v) is 10.0. The van der Waals surface area contributed by atoms with E-state index in [9.17, 15) is 23.1 Å². The predicted octanol–water partition coefficient (Wildman–Crippen LogP) is 1.68. The van der Waals surface area contributed by atoms with Crippen molar-refractivity contribution >= 4 is 22.6 Å². The van der Waals surface area contributed by atoms with Gasteiger partial charge in [0.05, 0.1) is 17.5 Å².